The second-order valence-corrected chi connectivity index (χ2v) is 7.65. The second kappa shape index (κ2) is 9.51. The van der Waals surface area contributed by atoms with Gasteiger partial charge in [-0.15, -0.1) is 0 Å². The number of methoxy groups -OCH3 is 1. The summed E-state index contributed by atoms with van der Waals surface area (Å²) in [5.41, 5.74) is 5.88. The predicted molar refractivity (Wildman–Crippen MR) is 122 cm³/mol. The minimum Gasteiger partial charge on any atom is -0.481 e. The zero-order chi connectivity index (χ0) is 20.8. The van der Waals surface area contributed by atoms with Gasteiger partial charge in [0.1, 0.15) is 0 Å². The first kappa shape index (κ1) is 20.0. The van der Waals surface area contributed by atoms with Crippen LogP contribution in [-0.2, 0) is 19.5 Å². The van der Waals surface area contributed by atoms with E-state index in [1.807, 2.05) is 12.4 Å². The molecule has 0 saturated heterocycles. The molecule has 2 heterocycles. The molecular formula is C26H27N3O. The molecule has 0 aliphatic carbocycles. The lowest BCUT2D eigenvalue weighted by Crippen LogP contribution is -2.25. The van der Waals surface area contributed by atoms with E-state index in [9.17, 15) is 0 Å². The van der Waals surface area contributed by atoms with Crippen molar-refractivity contribution in [3.63, 3.8) is 0 Å². The Balaban J connectivity index is 1.60. The molecule has 0 fully saturated rings. The van der Waals surface area contributed by atoms with E-state index in [2.05, 4.69) is 83.5 Å². The molecule has 0 saturated carbocycles. The second-order valence-electron chi connectivity index (χ2n) is 7.65. The van der Waals surface area contributed by atoms with Crippen LogP contribution in [0.15, 0.2) is 79.1 Å². The molecule has 4 heteroatoms. The minimum absolute atomic E-state index is 0.701. The van der Waals surface area contributed by atoms with Gasteiger partial charge in [0.05, 0.1) is 12.6 Å². The van der Waals surface area contributed by atoms with Crippen LogP contribution in [0.1, 0.15) is 22.3 Å². The van der Waals surface area contributed by atoms with Crippen LogP contribution in [0.2, 0.25) is 0 Å². The van der Waals surface area contributed by atoms with Crippen LogP contribution < -0.4 is 4.74 Å². The molecule has 30 heavy (non-hydrogen) atoms. The van der Waals surface area contributed by atoms with Crippen LogP contribution in [0.3, 0.4) is 0 Å². The molecule has 0 N–H and O–H groups in total. The Kier molecular flexibility index (Phi) is 6.35. The number of hydrogen-bond donors (Lipinski definition) is 0. The third-order valence-corrected chi connectivity index (χ3v) is 5.31. The number of hydrogen-bond acceptors (Lipinski definition) is 4. The highest BCUT2D eigenvalue weighted by molar-refractivity contribution is 5.80. The van der Waals surface area contributed by atoms with Crippen LogP contribution in [0.25, 0.3) is 10.9 Å². The number of ether oxygens (including phenoxy) is 1. The zero-order valence-electron chi connectivity index (χ0n) is 17.6. The number of pyridine rings is 2. The summed E-state index contributed by atoms with van der Waals surface area (Å²) in [6.45, 7) is 4.66. The van der Waals surface area contributed by atoms with Gasteiger partial charge in [0, 0.05) is 43.0 Å². The van der Waals surface area contributed by atoms with E-state index in [1.54, 1.807) is 7.11 Å². The van der Waals surface area contributed by atoms with Gasteiger partial charge < -0.3 is 4.74 Å². The summed E-state index contributed by atoms with van der Waals surface area (Å²) in [6.07, 6.45) is 4.70. The summed E-state index contributed by atoms with van der Waals surface area (Å²) >= 11 is 0. The van der Waals surface area contributed by atoms with Crippen molar-refractivity contribution in [2.45, 2.75) is 26.4 Å². The summed E-state index contributed by atoms with van der Waals surface area (Å²) in [4.78, 5) is 11.4. The molecule has 0 bridgehead atoms. The molecule has 0 amide bonds. The standard InChI is InChI=1S/C26H27N3O/c1-20-8-9-23-17-24(26(30-2)28-25(23)16-20)19-29(18-22-10-13-27-14-11-22)15-12-21-6-4-3-5-7-21/h3-11,13-14,16-17H,12,15,18-19H2,1-2H3. The van der Waals surface area contributed by atoms with E-state index in [1.165, 1.54) is 16.7 Å². The van der Waals surface area contributed by atoms with Gasteiger partial charge in [-0.2, -0.15) is 0 Å². The third-order valence-electron chi connectivity index (χ3n) is 5.31. The number of nitrogens with zero attached hydrogens (tertiary/aromatic N) is 3. The van der Waals surface area contributed by atoms with E-state index >= 15 is 0 Å². The summed E-state index contributed by atoms with van der Waals surface area (Å²) in [7, 11) is 1.70. The van der Waals surface area contributed by atoms with Crippen LogP contribution >= 0.6 is 0 Å². The number of aromatic nitrogens is 2. The maximum Gasteiger partial charge on any atom is 0.218 e. The van der Waals surface area contributed by atoms with E-state index < -0.39 is 0 Å². The average Bonchev–Trinajstić information content (AvgIpc) is 2.78. The number of rotatable bonds is 8. The Morgan fingerprint density at radius 2 is 1.67 bits per heavy atom. The number of benzene rings is 2. The number of fused-ring (bicyclic) bond motifs is 1. The van der Waals surface area contributed by atoms with Gasteiger partial charge in [-0.25, -0.2) is 4.98 Å². The fourth-order valence-corrected chi connectivity index (χ4v) is 3.73. The first-order chi connectivity index (χ1) is 14.7. The zero-order valence-corrected chi connectivity index (χ0v) is 17.6. The molecule has 0 aliphatic heterocycles. The lowest BCUT2D eigenvalue weighted by Gasteiger charge is -2.23. The van der Waals surface area contributed by atoms with Crippen LogP contribution in [0, 0.1) is 6.92 Å². The van der Waals surface area contributed by atoms with Crippen LogP contribution in [-0.4, -0.2) is 28.5 Å². The third kappa shape index (κ3) is 5.02. The molecule has 0 unspecified atom stereocenters. The summed E-state index contributed by atoms with van der Waals surface area (Å²) in [5.74, 6) is 0.701. The topological polar surface area (TPSA) is 38.2 Å². The summed E-state index contributed by atoms with van der Waals surface area (Å²) < 4.78 is 5.66. The average molecular weight is 398 g/mol. The van der Waals surface area contributed by atoms with Gasteiger partial charge in [0.2, 0.25) is 5.88 Å². The van der Waals surface area contributed by atoms with Gasteiger partial charge in [0.25, 0.3) is 0 Å². The molecule has 0 aliphatic rings. The van der Waals surface area contributed by atoms with Crippen LogP contribution in [0.4, 0.5) is 0 Å². The summed E-state index contributed by atoms with van der Waals surface area (Å²) in [5, 5.41) is 1.14. The molecule has 2 aromatic carbocycles. The molecule has 0 atom stereocenters. The molecular weight excluding hydrogens is 370 g/mol. The van der Waals surface area contributed by atoms with E-state index in [-0.39, 0.29) is 0 Å². The van der Waals surface area contributed by atoms with Crippen molar-refractivity contribution < 1.29 is 4.74 Å². The van der Waals surface area contributed by atoms with Gasteiger partial charge in [-0.05, 0) is 54.3 Å². The Hall–Kier alpha value is -3.24. The Morgan fingerprint density at radius 1 is 0.867 bits per heavy atom. The van der Waals surface area contributed by atoms with Crippen molar-refractivity contribution in [2.75, 3.05) is 13.7 Å². The van der Waals surface area contributed by atoms with E-state index in [0.29, 0.717) is 5.88 Å². The van der Waals surface area contributed by atoms with E-state index in [0.717, 1.165) is 42.5 Å². The van der Waals surface area contributed by atoms with E-state index in [4.69, 9.17) is 9.72 Å². The van der Waals surface area contributed by atoms with Crippen molar-refractivity contribution >= 4 is 10.9 Å². The van der Waals surface area contributed by atoms with Gasteiger partial charge >= 0.3 is 0 Å². The fourth-order valence-electron chi connectivity index (χ4n) is 3.73. The Bertz CT molecular complexity index is 1100. The maximum atomic E-state index is 5.66. The summed E-state index contributed by atoms with van der Waals surface area (Å²) in [6, 6.07) is 23.4. The number of aryl methyl sites for hydroxylation is 1. The van der Waals surface area contributed by atoms with Crippen LogP contribution in [0.5, 0.6) is 5.88 Å². The van der Waals surface area contributed by atoms with Gasteiger partial charge in [-0.1, -0.05) is 42.5 Å². The molecule has 4 rings (SSSR count). The smallest absolute Gasteiger partial charge is 0.218 e. The SMILES string of the molecule is COc1nc2cc(C)ccc2cc1CN(CCc1ccccc1)Cc1ccncc1. The highest BCUT2D eigenvalue weighted by Crippen LogP contribution is 2.25. The molecule has 152 valence electrons. The Morgan fingerprint density at radius 3 is 2.43 bits per heavy atom. The van der Waals surface area contributed by atoms with Gasteiger partial charge in [0.15, 0.2) is 0 Å². The monoisotopic (exact) mass is 397 g/mol. The highest BCUT2D eigenvalue weighted by Gasteiger charge is 2.14. The molecule has 2 aromatic heterocycles. The van der Waals surface area contributed by atoms with Gasteiger partial charge in [-0.3, -0.25) is 9.88 Å². The first-order valence-electron chi connectivity index (χ1n) is 10.3. The quantitative estimate of drug-likeness (QED) is 0.410. The fraction of sp³-hybridized carbons (Fsp3) is 0.231. The molecule has 0 spiro atoms. The maximum absolute atomic E-state index is 5.66. The minimum atomic E-state index is 0.701. The van der Waals surface area contributed by atoms with Crippen molar-refractivity contribution in [3.05, 3.63) is 101 Å². The van der Waals surface area contributed by atoms with Crippen molar-refractivity contribution in [2.24, 2.45) is 0 Å². The predicted octanol–water partition coefficient (Wildman–Crippen LogP) is 5.19. The lowest BCUT2D eigenvalue weighted by atomic mass is 10.1. The molecule has 4 aromatic rings. The lowest BCUT2D eigenvalue weighted by molar-refractivity contribution is 0.254. The normalized spacial score (nSPS) is 11.2. The van der Waals surface area contributed by atoms with Crippen molar-refractivity contribution in [3.8, 4) is 5.88 Å². The molecule has 4 nitrogen and oxygen atoms in total. The van der Waals surface area contributed by atoms with Crippen molar-refractivity contribution in [1.82, 2.24) is 14.9 Å². The first-order valence-corrected chi connectivity index (χ1v) is 10.3. The van der Waals surface area contributed by atoms with Crippen molar-refractivity contribution in [1.29, 1.82) is 0 Å². The largest absolute Gasteiger partial charge is 0.481 e. The molecule has 0 radical (unpaired) electrons. The Labute approximate surface area is 178 Å². The highest BCUT2D eigenvalue weighted by atomic mass is 16.5.